The zero-order valence-corrected chi connectivity index (χ0v) is 11.9. The fourth-order valence-electron chi connectivity index (χ4n) is 2.90. The minimum Gasteiger partial charge on any atom is -0.316 e. The summed E-state index contributed by atoms with van der Waals surface area (Å²) in [4.78, 5) is 2.48. The number of hydrogen-bond donors (Lipinski definition) is 1. The van der Waals surface area contributed by atoms with Crippen LogP contribution in [0.3, 0.4) is 0 Å². The number of hydrogen-bond acceptors (Lipinski definition) is 3. The summed E-state index contributed by atoms with van der Waals surface area (Å²) in [5.74, 6) is 0. The monoisotopic (exact) mass is 252 g/mol. The smallest absolute Gasteiger partial charge is 0.0239 e. The summed E-state index contributed by atoms with van der Waals surface area (Å²) >= 11 is 1.79. The Morgan fingerprint density at radius 1 is 1.53 bits per heavy atom. The van der Waals surface area contributed by atoms with Crippen LogP contribution in [0.4, 0.5) is 0 Å². The van der Waals surface area contributed by atoms with E-state index in [2.05, 4.69) is 41.0 Å². The van der Waals surface area contributed by atoms with E-state index in [1.807, 2.05) is 0 Å². The Bertz CT molecular complexity index is 315. The Morgan fingerprint density at radius 2 is 2.41 bits per heavy atom. The first-order valence-electron chi connectivity index (χ1n) is 6.64. The first-order valence-corrected chi connectivity index (χ1v) is 7.59. The fraction of sp³-hybridized carbons (Fsp3) is 0.714. The Kier molecular flexibility index (Phi) is 4.60. The van der Waals surface area contributed by atoms with Gasteiger partial charge in [0.1, 0.15) is 0 Å². The van der Waals surface area contributed by atoms with E-state index in [1.165, 1.54) is 44.5 Å². The highest BCUT2D eigenvalue weighted by atomic mass is 32.1. The van der Waals surface area contributed by atoms with Crippen LogP contribution >= 0.6 is 11.3 Å². The molecule has 0 radical (unpaired) electrons. The first kappa shape index (κ1) is 13.1. The van der Waals surface area contributed by atoms with E-state index in [9.17, 15) is 0 Å². The lowest BCUT2D eigenvalue weighted by Crippen LogP contribution is -2.46. The van der Waals surface area contributed by atoms with Crippen LogP contribution in [0, 0.1) is 5.41 Å². The van der Waals surface area contributed by atoms with Crippen LogP contribution in [0.25, 0.3) is 0 Å². The lowest BCUT2D eigenvalue weighted by atomic mass is 9.78. The number of nitrogens with one attached hydrogen (secondary N) is 1. The Morgan fingerprint density at radius 3 is 3.00 bits per heavy atom. The van der Waals surface area contributed by atoms with Crippen LogP contribution in [0.15, 0.2) is 16.8 Å². The highest BCUT2D eigenvalue weighted by Crippen LogP contribution is 2.31. The summed E-state index contributed by atoms with van der Waals surface area (Å²) in [6, 6.07) is 2.24. The third-order valence-corrected chi connectivity index (χ3v) is 4.68. The van der Waals surface area contributed by atoms with E-state index < -0.39 is 0 Å². The standard InChI is InChI=1S/C14H24N2S/c1-3-14(6-4-7-15-11-14)12-16(2)9-13-5-8-17-10-13/h5,8,10,15H,3-4,6-7,9,11-12H2,1-2H3. The molecule has 0 aliphatic carbocycles. The third-order valence-electron chi connectivity index (χ3n) is 3.95. The molecule has 1 aliphatic rings. The molecule has 1 aliphatic heterocycles. The van der Waals surface area contributed by atoms with Crippen molar-refractivity contribution in [3.63, 3.8) is 0 Å². The Labute approximate surface area is 109 Å². The molecule has 0 saturated carbocycles. The molecule has 2 heterocycles. The molecule has 1 aromatic rings. The summed E-state index contributed by atoms with van der Waals surface area (Å²) in [6.07, 6.45) is 4.00. The summed E-state index contributed by atoms with van der Waals surface area (Å²) in [5, 5.41) is 7.99. The van der Waals surface area contributed by atoms with E-state index >= 15 is 0 Å². The molecule has 2 nitrogen and oxygen atoms in total. The molecular weight excluding hydrogens is 228 g/mol. The zero-order chi connectivity index (χ0) is 12.1. The van der Waals surface area contributed by atoms with Crippen molar-refractivity contribution in [2.75, 3.05) is 26.7 Å². The van der Waals surface area contributed by atoms with E-state index in [0.29, 0.717) is 5.41 Å². The highest BCUT2D eigenvalue weighted by molar-refractivity contribution is 7.07. The molecule has 1 fully saturated rings. The van der Waals surface area contributed by atoms with E-state index in [4.69, 9.17) is 0 Å². The van der Waals surface area contributed by atoms with Crippen molar-refractivity contribution < 1.29 is 0 Å². The van der Waals surface area contributed by atoms with Gasteiger partial charge in [0.2, 0.25) is 0 Å². The van der Waals surface area contributed by atoms with Crippen LogP contribution in [0.1, 0.15) is 31.7 Å². The molecule has 2 rings (SSSR count). The number of piperidine rings is 1. The quantitative estimate of drug-likeness (QED) is 0.867. The minimum absolute atomic E-state index is 0.503. The largest absolute Gasteiger partial charge is 0.316 e. The van der Waals surface area contributed by atoms with Crippen LogP contribution < -0.4 is 5.32 Å². The molecule has 0 spiro atoms. The first-order chi connectivity index (χ1) is 8.24. The van der Waals surface area contributed by atoms with Crippen LogP contribution in [0.2, 0.25) is 0 Å². The van der Waals surface area contributed by atoms with Gasteiger partial charge in [0.15, 0.2) is 0 Å². The van der Waals surface area contributed by atoms with Gasteiger partial charge in [0.25, 0.3) is 0 Å². The number of thiophene rings is 1. The van der Waals surface area contributed by atoms with Gasteiger partial charge in [0, 0.05) is 19.6 Å². The minimum atomic E-state index is 0.503. The van der Waals surface area contributed by atoms with Gasteiger partial charge in [-0.05, 0) is 60.7 Å². The van der Waals surface area contributed by atoms with Crippen LogP contribution in [0.5, 0.6) is 0 Å². The summed E-state index contributed by atoms with van der Waals surface area (Å²) < 4.78 is 0. The predicted octanol–water partition coefficient (Wildman–Crippen LogP) is 2.96. The highest BCUT2D eigenvalue weighted by Gasteiger charge is 2.31. The fourth-order valence-corrected chi connectivity index (χ4v) is 3.56. The van der Waals surface area contributed by atoms with E-state index in [-0.39, 0.29) is 0 Å². The molecule has 0 bridgehead atoms. The second-order valence-electron chi connectivity index (χ2n) is 5.44. The average molecular weight is 252 g/mol. The molecule has 17 heavy (non-hydrogen) atoms. The lowest BCUT2D eigenvalue weighted by molar-refractivity contribution is 0.125. The van der Waals surface area contributed by atoms with Gasteiger partial charge in [-0.25, -0.2) is 0 Å². The Balaban J connectivity index is 1.89. The molecule has 0 amide bonds. The van der Waals surface area contributed by atoms with Gasteiger partial charge in [0.05, 0.1) is 0 Å². The number of rotatable bonds is 5. The van der Waals surface area contributed by atoms with Crippen LogP contribution in [-0.2, 0) is 6.54 Å². The average Bonchev–Trinajstić information content (AvgIpc) is 2.83. The van der Waals surface area contributed by atoms with Gasteiger partial charge < -0.3 is 10.2 Å². The predicted molar refractivity (Wildman–Crippen MR) is 75.5 cm³/mol. The van der Waals surface area contributed by atoms with E-state index in [0.717, 1.165) is 6.54 Å². The van der Waals surface area contributed by atoms with Crippen molar-refractivity contribution in [2.45, 2.75) is 32.7 Å². The van der Waals surface area contributed by atoms with Gasteiger partial charge in [-0.2, -0.15) is 11.3 Å². The molecule has 0 aromatic carbocycles. The SMILES string of the molecule is CCC1(CN(C)Cc2ccsc2)CCCNC1. The van der Waals surface area contributed by atoms with Crippen molar-refractivity contribution in [3.8, 4) is 0 Å². The van der Waals surface area contributed by atoms with Crippen molar-refractivity contribution >= 4 is 11.3 Å². The maximum atomic E-state index is 3.57. The summed E-state index contributed by atoms with van der Waals surface area (Å²) in [5.41, 5.74) is 1.95. The Hall–Kier alpha value is -0.380. The van der Waals surface area contributed by atoms with Crippen molar-refractivity contribution in [3.05, 3.63) is 22.4 Å². The molecule has 1 atom stereocenters. The van der Waals surface area contributed by atoms with Gasteiger partial charge >= 0.3 is 0 Å². The summed E-state index contributed by atoms with van der Waals surface area (Å²) in [6.45, 7) is 7.04. The maximum Gasteiger partial charge on any atom is 0.0239 e. The zero-order valence-electron chi connectivity index (χ0n) is 11.0. The van der Waals surface area contributed by atoms with Crippen molar-refractivity contribution in [1.29, 1.82) is 0 Å². The topological polar surface area (TPSA) is 15.3 Å². The lowest BCUT2D eigenvalue weighted by Gasteiger charge is -2.40. The molecule has 1 saturated heterocycles. The van der Waals surface area contributed by atoms with Crippen molar-refractivity contribution in [1.82, 2.24) is 10.2 Å². The molecule has 1 aromatic heterocycles. The van der Waals surface area contributed by atoms with Crippen molar-refractivity contribution in [2.24, 2.45) is 5.41 Å². The van der Waals surface area contributed by atoms with E-state index in [1.54, 1.807) is 11.3 Å². The molecule has 3 heteroatoms. The molecule has 96 valence electrons. The molecule has 1 N–H and O–H groups in total. The van der Waals surface area contributed by atoms with Gasteiger partial charge in [-0.3, -0.25) is 0 Å². The van der Waals surface area contributed by atoms with Gasteiger partial charge in [-0.1, -0.05) is 6.92 Å². The normalized spacial score (nSPS) is 25.4. The van der Waals surface area contributed by atoms with Gasteiger partial charge in [-0.15, -0.1) is 0 Å². The second kappa shape index (κ2) is 5.98. The third kappa shape index (κ3) is 3.54. The number of nitrogens with zero attached hydrogens (tertiary/aromatic N) is 1. The maximum absolute atomic E-state index is 3.57. The molecular formula is C14H24N2S. The summed E-state index contributed by atoms with van der Waals surface area (Å²) in [7, 11) is 2.25. The molecule has 1 unspecified atom stereocenters. The van der Waals surface area contributed by atoms with Crippen LogP contribution in [-0.4, -0.2) is 31.6 Å². The second-order valence-corrected chi connectivity index (χ2v) is 6.22.